The second kappa shape index (κ2) is 12.4. The molecule has 0 saturated carbocycles. The number of amides is 1. The minimum Gasteiger partial charge on any atom is -0.490 e. The molecule has 0 radical (unpaired) electrons. The first-order valence-corrected chi connectivity index (χ1v) is 13.6. The number of carboxylic acids is 1. The van der Waals surface area contributed by atoms with Gasteiger partial charge in [-0.15, -0.1) is 15.6 Å². The number of aliphatic imine (C=N–C) groups is 1. The molecule has 0 unspecified atom stereocenters. The number of oxime groups is 1. The van der Waals surface area contributed by atoms with E-state index in [9.17, 15) is 22.8 Å². The molecular formula is C22H26N6O10S2. The molecule has 1 fully saturated rings. The first-order chi connectivity index (χ1) is 18.7. The van der Waals surface area contributed by atoms with E-state index in [0.29, 0.717) is 16.4 Å². The van der Waals surface area contributed by atoms with Crippen molar-refractivity contribution in [3.05, 3.63) is 40.9 Å². The molecule has 1 aliphatic heterocycles. The monoisotopic (exact) mass is 598 g/mol. The van der Waals surface area contributed by atoms with Crippen molar-refractivity contribution in [1.82, 2.24) is 10.0 Å². The van der Waals surface area contributed by atoms with E-state index in [0.717, 1.165) is 11.3 Å². The van der Waals surface area contributed by atoms with Gasteiger partial charge in [-0.3, -0.25) is 23.9 Å². The van der Waals surface area contributed by atoms with Gasteiger partial charge in [-0.25, -0.2) is 4.98 Å². The molecule has 1 amide bonds. The van der Waals surface area contributed by atoms with Crippen molar-refractivity contribution >= 4 is 56.1 Å². The Bertz CT molecular complexity index is 1440. The number of β-lactam (4-membered cyclic amide) rings is 1. The van der Waals surface area contributed by atoms with Crippen LogP contribution in [0.3, 0.4) is 0 Å². The zero-order valence-electron chi connectivity index (χ0n) is 21.2. The van der Waals surface area contributed by atoms with Gasteiger partial charge in [-0.05, 0) is 38.1 Å². The Hall–Kier alpha value is -4.13. The van der Waals surface area contributed by atoms with Gasteiger partial charge in [-0.1, -0.05) is 5.16 Å². The predicted molar refractivity (Wildman–Crippen MR) is 141 cm³/mol. The maximum Gasteiger partial charge on any atom is 0.418 e. The molecule has 2 heterocycles. The van der Waals surface area contributed by atoms with Crippen molar-refractivity contribution in [2.24, 2.45) is 21.8 Å². The lowest BCUT2D eigenvalue weighted by Gasteiger charge is -2.50. The van der Waals surface area contributed by atoms with E-state index in [1.54, 1.807) is 24.3 Å². The van der Waals surface area contributed by atoms with Crippen LogP contribution in [0.1, 0.15) is 31.5 Å². The number of hydrogen-bond donors (Lipinski definition) is 4. The molecule has 216 valence electrons. The molecule has 18 heteroatoms. The molecule has 16 nitrogen and oxygen atoms in total. The molecule has 0 spiro atoms. The molecule has 0 aliphatic carbocycles. The van der Waals surface area contributed by atoms with E-state index in [1.807, 2.05) is 0 Å². The van der Waals surface area contributed by atoms with Gasteiger partial charge < -0.3 is 26.1 Å². The number of carbonyl (C=O) groups excluding carboxylic acids is 2. The average molecular weight is 599 g/mol. The summed E-state index contributed by atoms with van der Waals surface area (Å²) in [5.41, 5.74) is 10.6. The largest absolute Gasteiger partial charge is 0.490 e. The van der Waals surface area contributed by atoms with Crippen molar-refractivity contribution in [1.29, 1.82) is 0 Å². The van der Waals surface area contributed by atoms with Crippen LogP contribution in [0, 0.1) is 5.92 Å². The van der Waals surface area contributed by atoms with Crippen molar-refractivity contribution in [2.45, 2.75) is 25.8 Å². The van der Waals surface area contributed by atoms with E-state index >= 15 is 0 Å². The first kappa shape index (κ1) is 30.4. The van der Waals surface area contributed by atoms with Crippen LogP contribution in [0.2, 0.25) is 0 Å². The Labute approximate surface area is 232 Å². The fourth-order valence-corrected chi connectivity index (χ4v) is 4.56. The van der Waals surface area contributed by atoms with Crippen molar-refractivity contribution in [3.8, 4) is 5.75 Å². The SMILES string of the molecule is CC1(C)[C@H](CC(=O)/C(=N\OCCOc2ccc(C(N)=NCC(=O)O)cc2)c2csc(N)n2)C(=O)N1OS(=O)(=O)O. The normalized spacial score (nSPS) is 17.3. The number of nitrogen functional groups attached to an aromatic ring is 1. The summed E-state index contributed by atoms with van der Waals surface area (Å²) < 4.78 is 40.8. The third kappa shape index (κ3) is 7.72. The number of Topliss-reactive ketones (excluding diaryl/α,β-unsaturated/α-hetero) is 1. The van der Waals surface area contributed by atoms with Crippen molar-refractivity contribution in [3.63, 3.8) is 0 Å². The highest BCUT2D eigenvalue weighted by Crippen LogP contribution is 2.40. The average Bonchev–Trinajstić information content (AvgIpc) is 3.31. The van der Waals surface area contributed by atoms with E-state index in [4.69, 9.17) is 30.7 Å². The van der Waals surface area contributed by atoms with Crippen LogP contribution in [0.5, 0.6) is 5.75 Å². The molecule has 1 aromatic carbocycles. The molecule has 6 N–H and O–H groups in total. The summed E-state index contributed by atoms with van der Waals surface area (Å²) in [6.07, 6.45) is -0.376. The molecule has 1 aliphatic rings. The van der Waals surface area contributed by atoms with E-state index in [2.05, 4.69) is 19.4 Å². The van der Waals surface area contributed by atoms with Crippen LogP contribution in [-0.4, -0.2) is 82.6 Å². The molecule has 40 heavy (non-hydrogen) atoms. The van der Waals surface area contributed by atoms with Gasteiger partial charge in [-0.2, -0.15) is 13.5 Å². The minimum absolute atomic E-state index is 0.0299. The van der Waals surface area contributed by atoms with E-state index < -0.39 is 46.1 Å². The lowest BCUT2D eigenvalue weighted by atomic mass is 9.74. The first-order valence-electron chi connectivity index (χ1n) is 11.4. The van der Waals surface area contributed by atoms with E-state index in [1.165, 1.54) is 19.2 Å². The number of carbonyl (C=O) groups is 3. The van der Waals surface area contributed by atoms with Gasteiger partial charge in [0.05, 0.1) is 11.5 Å². The number of benzene rings is 1. The Morgan fingerprint density at radius 1 is 1.23 bits per heavy atom. The second-order valence-corrected chi connectivity index (χ2v) is 10.7. The smallest absolute Gasteiger partial charge is 0.418 e. The Kier molecular flexibility index (Phi) is 9.40. The third-order valence-electron chi connectivity index (χ3n) is 5.60. The fourth-order valence-electron chi connectivity index (χ4n) is 3.56. The maximum absolute atomic E-state index is 13.1. The third-order valence-corrected chi connectivity index (χ3v) is 6.61. The Morgan fingerprint density at radius 3 is 2.45 bits per heavy atom. The zero-order chi connectivity index (χ0) is 29.7. The highest BCUT2D eigenvalue weighted by atomic mass is 32.3. The topological polar surface area (TPSA) is 246 Å². The standard InChI is InChI=1S/C22H26N6O10S2/c1-22(2)14(20(32)28(22)38-40(33,34)35)9-16(29)18(15-11-39-21(24)26-15)27-37-8-7-36-13-5-3-12(4-6-13)19(23)25-10-17(30)31/h3-6,11,14H,7-10H2,1-2H3,(H2,23,25)(H2,24,26)(H,30,31)(H,33,34,35)/b27-18-/t14-/m1/s1. The number of amidine groups is 1. The number of nitrogens with two attached hydrogens (primary N) is 2. The number of anilines is 1. The molecule has 3 rings (SSSR count). The summed E-state index contributed by atoms with van der Waals surface area (Å²) in [5, 5.41) is 14.7. The summed E-state index contributed by atoms with van der Waals surface area (Å²) in [7, 11) is -4.93. The van der Waals surface area contributed by atoms with Crippen LogP contribution < -0.4 is 16.2 Å². The predicted octanol–water partition coefficient (Wildman–Crippen LogP) is 0.246. The number of nitrogens with zero attached hydrogens (tertiary/aromatic N) is 4. The number of carboxylic acid groups (broad SMARTS) is 1. The highest BCUT2D eigenvalue weighted by molar-refractivity contribution is 7.80. The number of hydroxylamine groups is 2. The summed E-state index contributed by atoms with van der Waals surface area (Å²) in [6, 6.07) is 6.40. The number of ether oxygens (including phenoxy) is 1. The van der Waals surface area contributed by atoms with Gasteiger partial charge in [0, 0.05) is 17.4 Å². The number of rotatable bonds is 14. The summed E-state index contributed by atoms with van der Waals surface area (Å²) >= 11 is 1.06. The minimum atomic E-state index is -4.93. The molecular weight excluding hydrogens is 572 g/mol. The number of thiazole rings is 1. The zero-order valence-corrected chi connectivity index (χ0v) is 22.8. The molecule has 0 bridgehead atoms. The van der Waals surface area contributed by atoms with Crippen LogP contribution in [0.25, 0.3) is 0 Å². The lowest BCUT2D eigenvalue weighted by molar-refractivity contribution is -0.228. The molecule has 1 atom stereocenters. The van der Waals surface area contributed by atoms with Crippen LogP contribution >= 0.6 is 11.3 Å². The summed E-state index contributed by atoms with van der Waals surface area (Å²) in [5.74, 6) is -3.00. The highest BCUT2D eigenvalue weighted by Gasteiger charge is 2.57. The van der Waals surface area contributed by atoms with Gasteiger partial charge in [0.1, 0.15) is 30.4 Å². The quantitative estimate of drug-likeness (QED) is 0.0569. The lowest BCUT2D eigenvalue weighted by Crippen LogP contribution is -2.68. The Morgan fingerprint density at radius 2 is 1.90 bits per heavy atom. The van der Waals surface area contributed by atoms with Crippen molar-refractivity contribution < 1.29 is 46.3 Å². The maximum atomic E-state index is 13.1. The molecule has 2 aromatic rings. The van der Waals surface area contributed by atoms with Crippen LogP contribution in [0.15, 0.2) is 39.8 Å². The second-order valence-electron chi connectivity index (χ2n) is 8.78. The van der Waals surface area contributed by atoms with Gasteiger partial charge in [0.15, 0.2) is 23.2 Å². The van der Waals surface area contributed by atoms with E-state index in [-0.39, 0.29) is 42.0 Å². The number of aliphatic carboxylic acids is 1. The summed E-state index contributed by atoms with van der Waals surface area (Å²) in [4.78, 5) is 49.1. The van der Waals surface area contributed by atoms with Crippen LogP contribution in [-0.2, 0) is 33.9 Å². The van der Waals surface area contributed by atoms with Gasteiger partial charge in [0.25, 0.3) is 5.91 Å². The van der Waals surface area contributed by atoms with Crippen molar-refractivity contribution in [2.75, 3.05) is 25.5 Å². The number of aromatic nitrogens is 1. The fraction of sp³-hybridized carbons (Fsp3) is 0.364. The number of hydrogen-bond acceptors (Lipinski definition) is 13. The molecule has 1 saturated heterocycles. The Balaban J connectivity index is 1.60. The number of ketones is 1. The van der Waals surface area contributed by atoms with Gasteiger partial charge >= 0.3 is 16.4 Å². The summed E-state index contributed by atoms with van der Waals surface area (Å²) in [6.45, 7) is 2.43. The van der Waals surface area contributed by atoms with Crippen LogP contribution in [0.4, 0.5) is 5.13 Å². The van der Waals surface area contributed by atoms with Gasteiger partial charge in [0.2, 0.25) is 0 Å². The molecule has 1 aromatic heterocycles.